The van der Waals surface area contributed by atoms with Crippen LogP contribution >= 0.6 is 0 Å². The molecule has 130 valence electrons. The zero-order chi connectivity index (χ0) is 17.2. The van der Waals surface area contributed by atoms with E-state index < -0.39 is 0 Å². The third-order valence-corrected chi connectivity index (χ3v) is 3.73. The van der Waals surface area contributed by atoms with Crippen LogP contribution in [-0.4, -0.2) is 33.4 Å². The number of rotatable bonds is 11. The lowest BCUT2D eigenvalue weighted by molar-refractivity contribution is -0.151. The molecule has 0 saturated carbocycles. The fourth-order valence-electron chi connectivity index (χ4n) is 2.44. The molecule has 0 bridgehead atoms. The summed E-state index contributed by atoms with van der Waals surface area (Å²) in [5.74, 6) is 0.770. The van der Waals surface area contributed by atoms with Gasteiger partial charge in [-0.15, -0.1) is 10.2 Å². The summed E-state index contributed by atoms with van der Waals surface area (Å²) in [7, 11) is 0. The first-order chi connectivity index (χ1) is 11.7. The number of unbranched alkanes of at least 4 members (excludes halogenated alkanes) is 2. The number of hydrogen-bond acceptors (Lipinski definition) is 6. The summed E-state index contributed by atoms with van der Waals surface area (Å²) < 4.78 is 5.71. The molecule has 7 heteroatoms. The van der Waals surface area contributed by atoms with E-state index in [0.29, 0.717) is 29.8 Å². The van der Waals surface area contributed by atoms with Crippen LogP contribution in [0.1, 0.15) is 50.3 Å². The van der Waals surface area contributed by atoms with Gasteiger partial charge in [0.2, 0.25) is 18.2 Å². The zero-order valence-electron chi connectivity index (χ0n) is 13.9. The molecular formula is C17H24N4O3. The van der Waals surface area contributed by atoms with Gasteiger partial charge in [0.05, 0.1) is 19.0 Å². The zero-order valence-corrected chi connectivity index (χ0v) is 13.9. The first-order valence-corrected chi connectivity index (χ1v) is 8.25. The predicted molar refractivity (Wildman–Crippen MR) is 89.5 cm³/mol. The fraction of sp³-hybridized carbons (Fsp3) is 0.471. The van der Waals surface area contributed by atoms with E-state index in [-0.39, 0.29) is 12.5 Å². The average Bonchev–Trinajstić information content (AvgIpc) is 3.09. The number of nitrogens with zero attached hydrogens (tertiary/aromatic N) is 3. The van der Waals surface area contributed by atoms with Crippen LogP contribution in [0, 0.1) is 0 Å². The van der Waals surface area contributed by atoms with Gasteiger partial charge in [-0.2, -0.15) is 0 Å². The summed E-state index contributed by atoms with van der Waals surface area (Å²) in [5.41, 5.74) is 0.972. The van der Waals surface area contributed by atoms with Gasteiger partial charge in [0.1, 0.15) is 0 Å². The number of hydroxylamine groups is 2. The Bertz CT molecular complexity index is 603. The summed E-state index contributed by atoms with van der Waals surface area (Å²) in [6.07, 6.45) is 4.33. The van der Waals surface area contributed by atoms with E-state index in [0.717, 1.165) is 31.4 Å². The molecule has 0 aliphatic heterocycles. The second kappa shape index (κ2) is 9.67. The Balaban J connectivity index is 1.96. The van der Waals surface area contributed by atoms with Crippen LogP contribution in [0.15, 0.2) is 34.7 Å². The van der Waals surface area contributed by atoms with Gasteiger partial charge in [0, 0.05) is 5.69 Å². The lowest BCUT2D eigenvalue weighted by Gasteiger charge is -2.16. The number of carbonyl (C=O) groups is 1. The minimum absolute atomic E-state index is 0.154. The topological polar surface area (TPSA) is 91.5 Å². The van der Waals surface area contributed by atoms with E-state index in [4.69, 9.17) is 4.42 Å². The maximum absolute atomic E-state index is 10.7. The van der Waals surface area contributed by atoms with Crippen LogP contribution < -0.4 is 5.32 Å². The molecule has 0 aliphatic carbocycles. The molecule has 2 N–H and O–H groups in total. The minimum atomic E-state index is -0.162. The smallest absolute Gasteiger partial charge is 0.235 e. The van der Waals surface area contributed by atoms with E-state index in [1.807, 2.05) is 30.3 Å². The summed E-state index contributed by atoms with van der Waals surface area (Å²) in [5, 5.41) is 21.4. The normalized spacial score (nSPS) is 11.9. The SMILES string of the molecule is CCCCCC(CN(O)C=O)c1nnc(CNc2ccccc2)o1. The van der Waals surface area contributed by atoms with Crippen molar-refractivity contribution in [2.75, 3.05) is 11.9 Å². The summed E-state index contributed by atoms with van der Waals surface area (Å²) >= 11 is 0. The number of benzene rings is 1. The second-order valence-electron chi connectivity index (χ2n) is 5.67. The molecular weight excluding hydrogens is 308 g/mol. The van der Waals surface area contributed by atoms with Crippen LogP contribution in [0.5, 0.6) is 0 Å². The quantitative estimate of drug-likeness (QED) is 0.284. The van der Waals surface area contributed by atoms with Gasteiger partial charge in [0.25, 0.3) is 0 Å². The van der Waals surface area contributed by atoms with Crippen molar-refractivity contribution in [3.05, 3.63) is 42.1 Å². The van der Waals surface area contributed by atoms with Gasteiger partial charge >= 0.3 is 0 Å². The maximum Gasteiger partial charge on any atom is 0.235 e. The maximum atomic E-state index is 10.7. The van der Waals surface area contributed by atoms with E-state index in [1.165, 1.54) is 0 Å². The molecule has 1 unspecified atom stereocenters. The molecule has 24 heavy (non-hydrogen) atoms. The molecule has 1 aromatic carbocycles. The minimum Gasteiger partial charge on any atom is -0.423 e. The Morgan fingerprint density at radius 2 is 2.08 bits per heavy atom. The molecule has 1 aromatic heterocycles. The summed E-state index contributed by atoms with van der Waals surface area (Å²) in [6, 6.07) is 9.75. The third-order valence-electron chi connectivity index (χ3n) is 3.73. The molecule has 0 fully saturated rings. The summed E-state index contributed by atoms with van der Waals surface area (Å²) in [6.45, 7) is 2.70. The molecule has 1 amide bonds. The van der Waals surface area contributed by atoms with Crippen molar-refractivity contribution < 1.29 is 14.4 Å². The number of para-hydroxylation sites is 1. The average molecular weight is 332 g/mol. The fourth-order valence-corrected chi connectivity index (χ4v) is 2.44. The number of hydrogen-bond donors (Lipinski definition) is 2. The van der Waals surface area contributed by atoms with E-state index in [9.17, 15) is 10.0 Å². The molecule has 0 aliphatic rings. The third kappa shape index (κ3) is 5.66. The highest BCUT2D eigenvalue weighted by Gasteiger charge is 2.21. The predicted octanol–water partition coefficient (Wildman–Crippen LogP) is 3.19. The Hall–Kier alpha value is -2.41. The Labute approximate surface area is 141 Å². The number of amides is 1. The van der Waals surface area contributed by atoms with Gasteiger partial charge in [-0.1, -0.05) is 44.4 Å². The molecule has 1 heterocycles. The lowest BCUT2D eigenvalue weighted by Crippen LogP contribution is -2.24. The van der Waals surface area contributed by atoms with Crippen molar-refractivity contribution in [3.8, 4) is 0 Å². The van der Waals surface area contributed by atoms with Crippen LogP contribution in [0.2, 0.25) is 0 Å². The molecule has 2 rings (SSSR count). The summed E-state index contributed by atoms with van der Waals surface area (Å²) in [4.78, 5) is 10.7. The van der Waals surface area contributed by atoms with Crippen molar-refractivity contribution in [2.24, 2.45) is 0 Å². The first kappa shape index (κ1) is 17.9. The van der Waals surface area contributed by atoms with Crippen LogP contribution in [0.25, 0.3) is 0 Å². The molecule has 0 saturated heterocycles. The molecule has 0 radical (unpaired) electrons. The van der Waals surface area contributed by atoms with Crippen LogP contribution in [0.4, 0.5) is 5.69 Å². The molecule has 0 spiro atoms. The number of anilines is 1. The van der Waals surface area contributed by atoms with Crippen molar-refractivity contribution in [2.45, 2.75) is 45.1 Å². The van der Waals surface area contributed by atoms with Gasteiger partial charge in [0.15, 0.2) is 0 Å². The van der Waals surface area contributed by atoms with E-state index in [1.54, 1.807) is 0 Å². The highest BCUT2D eigenvalue weighted by molar-refractivity contribution is 5.44. The standard InChI is InChI=1S/C17H24N4O3/c1-2-3-5-8-14(12-21(23)13-22)17-20-19-16(24-17)11-18-15-9-6-4-7-10-15/h4,6-7,9-10,13-14,18,23H,2-3,5,8,11-12H2,1H3. The van der Waals surface area contributed by atoms with Crippen LogP contribution in [0.3, 0.4) is 0 Å². The number of carbonyl (C=O) groups excluding carboxylic acids is 1. The van der Waals surface area contributed by atoms with Crippen molar-refractivity contribution in [3.63, 3.8) is 0 Å². The molecule has 2 aromatic rings. The first-order valence-electron chi connectivity index (χ1n) is 8.25. The Morgan fingerprint density at radius 3 is 2.79 bits per heavy atom. The van der Waals surface area contributed by atoms with Gasteiger partial charge < -0.3 is 9.73 Å². The number of nitrogens with one attached hydrogen (secondary N) is 1. The Kier molecular flexibility index (Phi) is 7.22. The van der Waals surface area contributed by atoms with Gasteiger partial charge in [-0.3, -0.25) is 10.0 Å². The molecule has 1 atom stereocenters. The van der Waals surface area contributed by atoms with Crippen molar-refractivity contribution in [1.29, 1.82) is 0 Å². The largest absolute Gasteiger partial charge is 0.423 e. The second-order valence-corrected chi connectivity index (χ2v) is 5.67. The van der Waals surface area contributed by atoms with Crippen molar-refractivity contribution in [1.82, 2.24) is 15.3 Å². The molecule has 7 nitrogen and oxygen atoms in total. The lowest BCUT2D eigenvalue weighted by atomic mass is 10.0. The van der Waals surface area contributed by atoms with Crippen molar-refractivity contribution >= 4 is 12.1 Å². The van der Waals surface area contributed by atoms with Gasteiger partial charge in [-0.25, -0.2) is 5.06 Å². The monoisotopic (exact) mass is 332 g/mol. The van der Waals surface area contributed by atoms with E-state index in [2.05, 4.69) is 22.4 Å². The Morgan fingerprint density at radius 1 is 1.29 bits per heavy atom. The highest BCUT2D eigenvalue weighted by Crippen LogP contribution is 2.22. The number of aromatic nitrogens is 2. The van der Waals surface area contributed by atoms with Crippen LogP contribution in [-0.2, 0) is 11.3 Å². The van der Waals surface area contributed by atoms with Gasteiger partial charge in [-0.05, 0) is 18.6 Å². The van der Waals surface area contributed by atoms with E-state index >= 15 is 0 Å². The highest BCUT2D eigenvalue weighted by atomic mass is 16.5.